The topological polar surface area (TPSA) is 25.8 Å². The zero-order valence-corrected chi connectivity index (χ0v) is 18.4. The molecule has 7 aromatic rings. The van der Waals surface area contributed by atoms with E-state index in [9.17, 15) is 0 Å². The number of para-hydroxylation sites is 1. The number of pyridine rings is 2. The molecule has 2 aromatic heterocycles. The minimum atomic E-state index is 0.884. The van der Waals surface area contributed by atoms with Gasteiger partial charge in [0.15, 0.2) is 0 Å². The van der Waals surface area contributed by atoms with Crippen molar-refractivity contribution < 1.29 is 0 Å². The summed E-state index contributed by atoms with van der Waals surface area (Å²) in [5.41, 5.74) is 5.09. The third kappa shape index (κ3) is 2.89. The fourth-order valence-corrected chi connectivity index (χ4v) is 5.09. The summed E-state index contributed by atoms with van der Waals surface area (Å²) in [6, 6.07) is 40.5. The number of hydrogen-bond donors (Lipinski definition) is 0. The Kier molecular flexibility index (Phi) is 4.18. The van der Waals surface area contributed by atoms with E-state index < -0.39 is 0 Å². The van der Waals surface area contributed by atoms with Gasteiger partial charge in [0.25, 0.3) is 0 Å². The molecule has 0 unspecified atom stereocenters. The first kappa shape index (κ1) is 19.0. The van der Waals surface area contributed by atoms with Crippen LogP contribution in [0.4, 0.5) is 0 Å². The van der Waals surface area contributed by atoms with Crippen LogP contribution in [0.1, 0.15) is 0 Å². The predicted octanol–water partition coefficient (Wildman–Crippen LogP) is 8.42. The van der Waals surface area contributed by atoms with Gasteiger partial charge in [0.2, 0.25) is 0 Å². The Labute approximate surface area is 197 Å². The molecule has 0 fully saturated rings. The highest BCUT2D eigenvalue weighted by Gasteiger charge is 2.14. The molecule has 0 amide bonds. The van der Waals surface area contributed by atoms with Crippen LogP contribution < -0.4 is 0 Å². The Bertz CT molecular complexity index is 1830. The lowest BCUT2D eigenvalue weighted by Gasteiger charge is -2.13. The second-order valence-electron chi connectivity index (χ2n) is 8.65. The van der Waals surface area contributed by atoms with Crippen LogP contribution in [-0.4, -0.2) is 9.97 Å². The molecule has 0 aliphatic heterocycles. The molecule has 0 spiro atoms. The van der Waals surface area contributed by atoms with Crippen molar-refractivity contribution in [2.24, 2.45) is 0 Å². The molecule has 0 saturated heterocycles. The van der Waals surface area contributed by atoms with Gasteiger partial charge in [-0.3, -0.25) is 4.98 Å². The normalized spacial score (nSPS) is 11.5. The molecule has 158 valence electrons. The lowest BCUT2D eigenvalue weighted by molar-refractivity contribution is 1.29. The number of hydrogen-bond acceptors (Lipinski definition) is 2. The number of rotatable bonds is 2. The van der Waals surface area contributed by atoms with Crippen molar-refractivity contribution in [2.75, 3.05) is 0 Å². The molecule has 0 atom stereocenters. The number of benzene rings is 5. The monoisotopic (exact) mass is 432 g/mol. The smallest absolute Gasteiger partial charge is 0.0972 e. The van der Waals surface area contributed by atoms with Gasteiger partial charge < -0.3 is 0 Å². The molecule has 0 aliphatic carbocycles. The molecule has 5 aromatic carbocycles. The average Bonchev–Trinajstić information content (AvgIpc) is 2.92. The van der Waals surface area contributed by atoms with Crippen molar-refractivity contribution in [3.05, 3.63) is 121 Å². The van der Waals surface area contributed by atoms with Crippen molar-refractivity contribution in [2.45, 2.75) is 0 Å². The Morgan fingerprint density at radius 3 is 2.00 bits per heavy atom. The zero-order valence-electron chi connectivity index (χ0n) is 18.4. The minimum Gasteiger partial charge on any atom is -0.254 e. The number of nitrogens with zero attached hydrogens (tertiary/aromatic N) is 2. The summed E-state index contributed by atoms with van der Waals surface area (Å²) in [5, 5.41) is 8.48. The van der Waals surface area contributed by atoms with E-state index in [0.29, 0.717) is 0 Å². The van der Waals surface area contributed by atoms with E-state index in [-0.39, 0.29) is 0 Å². The van der Waals surface area contributed by atoms with E-state index in [0.717, 1.165) is 27.9 Å². The SMILES string of the molecule is c1ccc2c(-c3ccc(-c4nc5ccccc5c5c4ccc4ccccc45)nc3)cccc2c1. The highest BCUT2D eigenvalue weighted by Crippen LogP contribution is 2.37. The standard InChI is InChI=1S/C32H20N2/c1-3-11-24-21(8-1)10-7-14-25(24)23-17-19-30(33-20-23)32-28-18-16-22-9-2-4-12-26(22)31(28)27-13-5-6-15-29(27)34-32/h1-20H. The Balaban J connectivity index is 1.46. The molecular weight excluding hydrogens is 412 g/mol. The maximum Gasteiger partial charge on any atom is 0.0972 e. The molecule has 7 rings (SSSR count). The Morgan fingerprint density at radius 1 is 0.471 bits per heavy atom. The molecule has 0 aliphatic rings. The molecule has 2 heteroatoms. The summed E-state index contributed by atoms with van der Waals surface area (Å²) < 4.78 is 0. The van der Waals surface area contributed by atoms with E-state index in [1.165, 1.54) is 37.9 Å². The lowest BCUT2D eigenvalue weighted by Crippen LogP contribution is -1.93. The summed E-state index contributed by atoms with van der Waals surface area (Å²) >= 11 is 0. The first-order chi connectivity index (χ1) is 16.9. The van der Waals surface area contributed by atoms with Crippen LogP contribution in [0, 0.1) is 0 Å². The third-order valence-electron chi connectivity index (χ3n) is 6.70. The van der Waals surface area contributed by atoms with Crippen molar-refractivity contribution >= 4 is 43.2 Å². The fourth-order valence-electron chi connectivity index (χ4n) is 5.09. The molecule has 34 heavy (non-hydrogen) atoms. The van der Waals surface area contributed by atoms with E-state index in [4.69, 9.17) is 9.97 Å². The van der Waals surface area contributed by atoms with Gasteiger partial charge >= 0.3 is 0 Å². The number of aromatic nitrogens is 2. The van der Waals surface area contributed by atoms with Crippen LogP contribution in [-0.2, 0) is 0 Å². The summed E-state index contributed by atoms with van der Waals surface area (Å²) in [4.78, 5) is 9.98. The van der Waals surface area contributed by atoms with Gasteiger partial charge in [-0.15, -0.1) is 0 Å². The van der Waals surface area contributed by atoms with Crippen molar-refractivity contribution in [3.8, 4) is 22.5 Å². The second kappa shape index (κ2) is 7.50. The Morgan fingerprint density at radius 2 is 1.18 bits per heavy atom. The molecule has 0 bridgehead atoms. The largest absolute Gasteiger partial charge is 0.254 e. The lowest BCUT2D eigenvalue weighted by atomic mass is 9.96. The van der Waals surface area contributed by atoms with Gasteiger partial charge in [0.05, 0.1) is 16.9 Å². The molecule has 0 saturated carbocycles. The van der Waals surface area contributed by atoms with Gasteiger partial charge in [0, 0.05) is 27.9 Å². The van der Waals surface area contributed by atoms with Gasteiger partial charge in [-0.2, -0.15) is 0 Å². The van der Waals surface area contributed by atoms with Gasteiger partial charge in [-0.1, -0.05) is 103 Å². The minimum absolute atomic E-state index is 0.884. The third-order valence-corrected chi connectivity index (χ3v) is 6.70. The average molecular weight is 433 g/mol. The van der Waals surface area contributed by atoms with E-state index in [1.54, 1.807) is 0 Å². The maximum absolute atomic E-state index is 5.07. The van der Waals surface area contributed by atoms with Gasteiger partial charge in [-0.05, 0) is 39.2 Å². The highest BCUT2D eigenvalue weighted by atomic mass is 14.8. The fraction of sp³-hybridized carbons (Fsp3) is 0. The van der Waals surface area contributed by atoms with E-state index in [2.05, 4.69) is 109 Å². The summed E-state index contributed by atoms with van der Waals surface area (Å²) in [6.45, 7) is 0. The second-order valence-corrected chi connectivity index (χ2v) is 8.65. The summed E-state index contributed by atoms with van der Waals surface area (Å²) in [6.07, 6.45) is 1.97. The molecule has 2 heterocycles. The highest BCUT2D eigenvalue weighted by molar-refractivity contribution is 6.22. The van der Waals surface area contributed by atoms with Crippen LogP contribution in [0.15, 0.2) is 121 Å². The Hall–Kier alpha value is -4.56. The van der Waals surface area contributed by atoms with E-state index >= 15 is 0 Å². The maximum atomic E-state index is 5.07. The van der Waals surface area contributed by atoms with E-state index in [1.807, 2.05) is 12.3 Å². The van der Waals surface area contributed by atoms with Gasteiger partial charge in [0.1, 0.15) is 0 Å². The van der Waals surface area contributed by atoms with Crippen LogP contribution in [0.5, 0.6) is 0 Å². The molecule has 0 N–H and O–H groups in total. The van der Waals surface area contributed by atoms with Crippen molar-refractivity contribution in [1.29, 1.82) is 0 Å². The first-order valence-electron chi connectivity index (χ1n) is 11.5. The molecule has 0 radical (unpaired) electrons. The summed E-state index contributed by atoms with van der Waals surface area (Å²) in [7, 11) is 0. The van der Waals surface area contributed by atoms with Crippen LogP contribution in [0.25, 0.3) is 65.7 Å². The van der Waals surface area contributed by atoms with Crippen molar-refractivity contribution in [1.82, 2.24) is 9.97 Å². The summed E-state index contributed by atoms with van der Waals surface area (Å²) in [5.74, 6) is 0. The molecule has 2 nitrogen and oxygen atoms in total. The van der Waals surface area contributed by atoms with Gasteiger partial charge in [-0.25, -0.2) is 4.98 Å². The predicted molar refractivity (Wildman–Crippen MR) is 143 cm³/mol. The van der Waals surface area contributed by atoms with Crippen LogP contribution >= 0.6 is 0 Å². The quantitative estimate of drug-likeness (QED) is 0.256. The van der Waals surface area contributed by atoms with Crippen molar-refractivity contribution in [3.63, 3.8) is 0 Å². The molecular formula is C32H20N2. The first-order valence-corrected chi connectivity index (χ1v) is 11.5. The number of fused-ring (bicyclic) bond motifs is 6. The van der Waals surface area contributed by atoms with Crippen LogP contribution in [0.2, 0.25) is 0 Å². The van der Waals surface area contributed by atoms with Crippen LogP contribution in [0.3, 0.4) is 0 Å². The zero-order chi connectivity index (χ0) is 22.5.